The first kappa shape index (κ1) is 11.0. The molecule has 1 aliphatic carbocycles. The summed E-state index contributed by atoms with van der Waals surface area (Å²) in [6.07, 6.45) is 8.67. The Morgan fingerprint density at radius 3 is 2.46 bits per heavy atom. The van der Waals surface area contributed by atoms with Crippen LogP contribution in [0.15, 0.2) is 0 Å². The SMILES string of the molecule is CC(C)CCNCC1CCCCC1. The van der Waals surface area contributed by atoms with Crippen molar-refractivity contribution in [3.63, 3.8) is 0 Å². The summed E-state index contributed by atoms with van der Waals surface area (Å²) >= 11 is 0. The Morgan fingerprint density at radius 1 is 1.15 bits per heavy atom. The summed E-state index contributed by atoms with van der Waals surface area (Å²) in [4.78, 5) is 0. The molecule has 0 atom stereocenters. The summed E-state index contributed by atoms with van der Waals surface area (Å²) in [6.45, 7) is 7.07. The molecule has 0 aromatic carbocycles. The lowest BCUT2D eigenvalue weighted by molar-refractivity contribution is 0.339. The highest BCUT2D eigenvalue weighted by Gasteiger charge is 2.12. The zero-order valence-corrected chi connectivity index (χ0v) is 9.31. The Hall–Kier alpha value is -0.0400. The van der Waals surface area contributed by atoms with Crippen molar-refractivity contribution in [2.45, 2.75) is 52.4 Å². The molecule has 0 amide bonds. The lowest BCUT2D eigenvalue weighted by Crippen LogP contribution is -2.25. The molecule has 0 bridgehead atoms. The molecule has 1 rings (SSSR count). The minimum atomic E-state index is 0.846. The van der Waals surface area contributed by atoms with E-state index in [0.717, 1.165) is 11.8 Å². The molecular weight excluding hydrogens is 158 g/mol. The van der Waals surface area contributed by atoms with Gasteiger partial charge in [-0.1, -0.05) is 33.1 Å². The van der Waals surface area contributed by atoms with E-state index in [1.165, 1.54) is 51.6 Å². The monoisotopic (exact) mass is 183 g/mol. The molecule has 0 saturated heterocycles. The normalized spacial score (nSPS) is 19.6. The molecule has 1 heteroatoms. The molecule has 1 aliphatic rings. The average Bonchev–Trinajstić information content (AvgIpc) is 2.14. The van der Waals surface area contributed by atoms with E-state index in [-0.39, 0.29) is 0 Å². The van der Waals surface area contributed by atoms with E-state index in [0.29, 0.717) is 0 Å². The minimum Gasteiger partial charge on any atom is -0.316 e. The second-order valence-electron chi connectivity index (χ2n) is 4.89. The van der Waals surface area contributed by atoms with Crippen molar-refractivity contribution in [3.05, 3.63) is 0 Å². The zero-order chi connectivity index (χ0) is 9.52. The van der Waals surface area contributed by atoms with Crippen molar-refractivity contribution in [2.75, 3.05) is 13.1 Å². The maximum absolute atomic E-state index is 3.59. The summed E-state index contributed by atoms with van der Waals surface area (Å²) in [5, 5.41) is 3.59. The Balaban J connectivity index is 1.92. The summed E-state index contributed by atoms with van der Waals surface area (Å²) in [7, 11) is 0. The van der Waals surface area contributed by atoms with Crippen molar-refractivity contribution < 1.29 is 0 Å². The minimum absolute atomic E-state index is 0.846. The molecule has 0 heterocycles. The third-order valence-corrected chi connectivity index (χ3v) is 3.06. The molecule has 1 fully saturated rings. The maximum Gasteiger partial charge on any atom is -0.00205 e. The summed E-state index contributed by atoms with van der Waals surface area (Å²) in [6, 6.07) is 0. The van der Waals surface area contributed by atoms with E-state index < -0.39 is 0 Å². The number of nitrogens with one attached hydrogen (secondary N) is 1. The van der Waals surface area contributed by atoms with Gasteiger partial charge in [-0.25, -0.2) is 0 Å². The Bertz CT molecular complexity index is 114. The first-order valence-corrected chi connectivity index (χ1v) is 5.99. The van der Waals surface area contributed by atoms with Crippen LogP contribution in [0, 0.1) is 11.8 Å². The van der Waals surface area contributed by atoms with Crippen molar-refractivity contribution >= 4 is 0 Å². The molecule has 0 aliphatic heterocycles. The first-order chi connectivity index (χ1) is 6.29. The smallest absolute Gasteiger partial charge is 0.00205 e. The molecule has 1 saturated carbocycles. The van der Waals surface area contributed by atoms with Gasteiger partial charge in [-0.3, -0.25) is 0 Å². The van der Waals surface area contributed by atoms with Crippen molar-refractivity contribution in [3.8, 4) is 0 Å². The van der Waals surface area contributed by atoms with Crippen molar-refractivity contribution in [1.29, 1.82) is 0 Å². The molecule has 0 aromatic rings. The van der Waals surface area contributed by atoms with Gasteiger partial charge in [-0.15, -0.1) is 0 Å². The van der Waals surface area contributed by atoms with Gasteiger partial charge in [0, 0.05) is 0 Å². The van der Waals surface area contributed by atoms with Crippen LogP contribution in [0.5, 0.6) is 0 Å². The zero-order valence-electron chi connectivity index (χ0n) is 9.31. The van der Waals surface area contributed by atoms with Crippen molar-refractivity contribution in [1.82, 2.24) is 5.32 Å². The van der Waals surface area contributed by atoms with Crippen LogP contribution in [0.2, 0.25) is 0 Å². The molecular formula is C12H25N. The molecule has 78 valence electrons. The molecule has 0 radical (unpaired) electrons. The second-order valence-corrected chi connectivity index (χ2v) is 4.89. The highest BCUT2D eigenvalue weighted by molar-refractivity contribution is 4.67. The Labute approximate surface area is 83.3 Å². The van der Waals surface area contributed by atoms with Gasteiger partial charge in [0.1, 0.15) is 0 Å². The highest BCUT2D eigenvalue weighted by Crippen LogP contribution is 2.22. The quantitative estimate of drug-likeness (QED) is 0.645. The second kappa shape index (κ2) is 6.42. The maximum atomic E-state index is 3.59. The average molecular weight is 183 g/mol. The molecule has 1 nitrogen and oxygen atoms in total. The fourth-order valence-corrected chi connectivity index (χ4v) is 2.09. The summed E-state index contributed by atoms with van der Waals surface area (Å²) in [5.74, 6) is 1.83. The Morgan fingerprint density at radius 2 is 1.85 bits per heavy atom. The molecule has 13 heavy (non-hydrogen) atoms. The van der Waals surface area contributed by atoms with Gasteiger partial charge in [0.05, 0.1) is 0 Å². The van der Waals surface area contributed by atoms with E-state index in [9.17, 15) is 0 Å². The standard InChI is InChI=1S/C12H25N/c1-11(2)8-9-13-10-12-6-4-3-5-7-12/h11-13H,3-10H2,1-2H3. The predicted molar refractivity (Wildman–Crippen MR) is 58.9 cm³/mol. The number of hydrogen-bond acceptors (Lipinski definition) is 1. The van der Waals surface area contributed by atoms with Crippen LogP contribution in [0.25, 0.3) is 0 Å². The third kappa shape index (κ3) is 5.30. The van der Waals surface area contributed by atoms with E-state index in [4.69, 9.17) is 0 Å². The van der Waals surface area contributed by atoms with Gasteiger partial charge in [0.15, 0.2) is 0 Å². The summed E-state index contributed by atoms with van der Waals surface area (Å²) in [5.41, 5.74) is 0. The Kier molecular flexibility index (Phi) is 5.45. The fourth-order valence-electron chi connectivity index (χ4n) is 2.09. The predicted octanol–water partition coefficient (Wildman–Crippen LogP) is 3.20. The van der Waals surface area contributed by atoms with Crippen LogP contribution in [-0.4, -0.2) is 13.1 Å². The molecule has 1 N–H and O–H groups in total. The topological polar surface area (TPSA) is 12.0 Å². The van der Waals surface area contributed by atoms with Gasteiger partial charge >= 0.3 is 0 Å². The first-order valence-electron chi connectivity index (χ1n) is 5.99. The van der Waals surface area contributed by atoms with Crippen LogP contribution in [0.1, 0.15) is 52.4 Å². The van der Waals surface area contributed by atoms with E-state index in [1.807, 2.05) is 0 Å². The van der Waals surface area contributed by atoms with E-state index in [1.54, 1.807) is 0 Å². The summed E-state index contributed by atoms with van der Waals surface area (Å²) < 4.78 is 0. The largest absolute Gasteiger partial charge is 0.316 e. The van der Waals surface area contributed by atoms with E-state index >= 15 is 0 Å². The van der Waals surface area contributed by atoms with Gasteiger partial charge in [0.2, 0.25) is 0 Å². The van der Waals surface area contributed by atoms with Gasteiger partial charge in [0.25, 0.3) is 0 Å². The molecule has 0 unspecified atom stereocenters. The number of hydrogen-bond donors (Lipinski definition) is 1. The number of rotatable bonds is 5. The van der Waals surface area contributed by atoms with Gasteiger partial charge < -0.3 is 5.32 Å². The van der Waals surface area contributed by atoms with Crippen LogP contribution in [-0.2, 0) is 0 Å². The molecule has 0 aromatic heterocycles. The lowest BCUT2D eigenvalue weighted by Gasteiger charge is -2.21. The van der Waals surface area contributed by atoms with Gasteiger partial charge in [-0.05, 0) is 44.2 Å². The van der Waals surface area contributed by atoms with Crippen molar-refractivity contribution in [2.24, 2.45) is 11.8 Å². The molecule has 0 spiro atoms. The fraction of sp³-hybridized carbons (Fsp3) is 1.00. The van der Waals surface area contributed by atoms with Crippen LogP contribution in [0.3, 0.4) is 0 Å². The van der Waals surface area contributed by atoms with Crippen LogP contribution >= 0.6 is 0 Å². The lowest BCUT2D eigenvalue weighted by atomic mass is 9.89. The highest BCUT2D eigenvalue weighted by atomic mass is 14.9. The van der Waals surface area contributed by atoms with Crippen LogP contribution < -0.4 is 5.32 Å². The van der Waals surface area contributed by atoms with E-state index in [2.05, 4.69) is 19.2 Å². The van der Waals surface area contributed by atoms with Crippen LogP contribution in [0.4, 0.5) is 0 Å². The third-order valence-electron chi connectivity index (χ3n) is 3.06. The van der Waals surface area contributed by atoms with Gasteiger partial charge in [-0.2, -0.15) is 0 Å².